The lowest BCUT2D eigenvalue weighted by Gasteiger charge is -2.06. The number of aromatic nitrogens is 2. The molecule has 0 saturated carbocycles. The quantitative estimate of drug-likeness (QED) is 0.885. The molecule has 5 nitrogen and oxygen atoms in total. The number of carbonyl (C=O) groups is 1. The van der Waals surface area contributed by atoms with Gasteiger partial charge in [0.1, 0.15) is 5.82 Å². The van der Waals surface area contributed by atoms with Crippen molar-refractivity contribution in [3.05, 3.63) is 62.8 Å². The maximum absolute atomic E-state index is 11.9. The van der Waals surface area contributed by atoms with Crippen LogP contribution in [0.4, 0.5) is 0 Å². The second-order valence-electron chi connectivity index (χ2n) is 4.81. The predicted octanol–water partition coefficient (Wildman–Crippen LogP) is 1.60. The van der Waals surface area contributed by atoms with Crippen LogP contribution in [0.2, 0.25) is 0 Å². The standard InChI is InChI=1S/C15H16N2O3/c1-9-3-5-11(6-4-9)7-13-16-10(2)12(8-14(18)19)15(20)17-13/h3-6H,7-8H2,1-2H3,(H,18,19)(H,16,17,20). The van der Waals surface area contributed by atoms with E-state index in [0.717, 1.165) is 5.56 Å². The first-order valence-electron chi connectivity index (χ1n) is 6.31. The van der Waals surface area contributed by atoms with E-state index in [4.69, 9.17) is 5.11 Å². The Bertz CT molecular complexity index is 687. The fourth-order valence-electron chi connectivity index (χ4n) is 2.01. The molecule has 2 N–H and O–H groups in total. The van der Waals surface area contributed by atoms with Crippen molar-refractivity contribution in [1.82, 2.24) is 9.97 Å². The first kappa shape index (κ1) is 14.0. The molecule has 2 rings (SSSR count). The van der Waals surface area contributed by atoms with Gasteiger partial charge in [-0.25, -0.2) is 4.98 Å². The molecule has 1 heterocycles. The van der Waals surface area contributed by atoms with Crippen molar-refractivity contribution in [3.63, 3.8) is 0 Å². The lowest BCUT2D eigenvalue weighted by molar-refractivity contribution is -0.136. The molecular formula is C15H16N2O3. The van der Waals surface area contributed by atoms with Crippen LogP contribution in [0.1, 0.15) is 28.2 Å². The monoisotopic (exact) mass is 272 g/mol. The molecule has 0 atom stereocenters. The molecule has 0 saturated heterocycles. The van der Waals surface area contributed by atoms with E-state index in [-0.39, 0.29) is 17.5 Å². The minimum absolute atomic E-state index is 0.213. The van der Waals surface area contributed by atoms with E-state index >= 15 is 0 Å². The maximum Gasteiger partial charge on any atom is 0.308 e. The minimum atomic E-state index is -1.04. The van der Waals surface area contributed by atoms with Crippen molar-refractivity contribution in [1.29, 1.82) is 0 Å². The average molecular weight is 272 g/mol. The number of carboxylic acid groups (broad SMARTS) is 1. The van der Waals surface area contributed by atoms with Crippen LogP contribution in [0, 0.1) is 13.8 Å². The number of aliphatic carboxylic acids is 1. The van der Waals surface area contributed by atoms with E-state index in [1.165, 1.54) is 5.56 Å². The number of aryl methyl sites for hydroxylation is 2. The molecule has 0 spiro atoms. The highest BCUT2D eigenvalue weighted by Crippen LogP contribution is 2.08. The summed E-state index contributed by atoms with van der Waals surface area (Å²) in [5.74, 6) is -0.489. The molecule has 0 bridgehead atoms. The van der Waals surface area contributed by atoms with Gasteiger partial charge in [-0.05, 0) is 19.4 Å². The third kappa shape index (κ3) is 3.32. The molecular weight excluding hydrogens is 256 g/mol. The Balaban J connectivity index is 2.28. The van der Waals surface area contributed by atoms with Gasteiger partial charge in [0.15, 0.2) is 0 Å². The smallest absolute Gasteiger partial charge is 0.308 e. The summed E-state index contributed by atoms with van der Waals surface area (Å²) in [7, 11) is 0. The van der Waals surface area contributed by atoms with Crippen LogP contribution in [0.5, 0.6) is 0 Å². The number of aromatic amines is 1. The molecule has 0 fully saturated rings. The Morgan fingerprint density at radius 2 is 1.90 bits per heavy atom. The van der Waals surface area contributed by atoms with Gasteiger partial charge in [0.25, 0.3) is 5.56 Å². The Morgan fingerprint density at radius 1 is 1.25 bits per heavy atom. The topological polar surface area (TPSA) is 83.0 Å². The lowest BCUT2D eigenvalue weighted by atomic mass is 10.1. The van der Waals surface area contributed by atoms with Gasteiger partial charge in [0, 0.05) is 17.7 Å². The zero-order valence-electron chi connectivity index (χ0n) is 11.4. The zero-order valence-corrected chi connectivity index (χ0v) is 11.4. The molecule has 0 radical (unpaired) electrons. The fraction of sp³-hybridized carbons (Fsp3) is 0.267. The molecule has 0 aliphatic rings. The average Bonchev–Trinajstić information content (AvgIpc) is 2.36. The molecule has 0 amide bonds. The maximum atomic E-state index is 11.9. The molecule has 1 aromatic heterocycles. The summed E-state index contributed by atoms with van der Waals surface area (Å²) in [6.07, 6.45) is 0.211. The minimum Gasteiger partial charge on any atom is -0.481 e. The van der Waals surface area contributed by atoms with Crippen LogP contribution < -0.4 is 5.56 Å². The summed E-state index contributed by atoms with van der Waals surface area (Å²) < 4.78 is 0. The van der Waals surface area contributed by atoms with Crippen LogP contribution in [0.25, 0.3) is 0 Å². The summed E-state index contributed by atoms with van der Waals surface area (Å²) in [6.45, 7) is 3.67. The van der Waals surface area contributed by atoms with Crippen LogP contribution >= 0.6 is 0 Å². The van der Waals surface area contributed by atoms with Crippen molar-refractivity contribution in [2.24, 2.45) is 0 Å². The Labute approximate surface area is 116 Å². The van der Waals surface area contributed by atoms with E-state index in [1.807, 2.05) is 31.2 Å². The summed E-state index contributed by atoms with van der Waals surface area (Å²) in [5.41, 5.74) is 2.53. The second kappa shape index (κ2) is 5.69. The van der Waals surface area contributed by atoms with Crippen LogP contribution in [-0.4, -0.2) is 21.0 Å². The highest BCUT2D eigenvalue weighted by Gasteiger charge is 2.11. The third-order valence-corrected chi connectivity index (χ3v) is 3.09. The van der Waals surface area contributed by atoms with Gasteiger partial charge in [-0.1, -0.05) is 29.8 Å². The fourth-order valence-corrected chi connectivity index (χ4v) is 2.01. The van der Waals surface area contributed by atoms with Crippen LogP contribution in [0.15, 0.2) is 29.1 Å². The lowest BCUT2D eigenvalue weighted by Crippen LogP contribution is -2.21. The number of nitrogens with zero attached hydrogens (tertiary/aromatic N) is 1. The van der Waals surface area contributed by atoms with E-state index in [2.05, 4.69) is 9.97 Å². The molecule has 20 heavy (non-hydrogen) atoms. The van der Waals surface area contributed by atoms with Crippen molar-refractivity contribution in [3.8, 4) is 0 Å². The SMILES string of the molecule is Cc1ccc(Cc2nc(C)c(CC(=O)O)c(=O)[nH]2)cc1. The van der Waals surface area contributed by atoms with Gasteiger partial charge in [0.2, 0.25) is 0 Å². The third-order valence-electron chi connectivity index (χ3n) is 3.09. The Morgan fingerprint density at radius 3 is 2.45 bits per heavy atom. The molecule has 5 heteroatoms. The van der Waals surface area contributed by atoms with Gasteiger partial charge in [-0.15, -0.1) is 0 Å². The van der Waals surface area contributed by atoms with Crippen molar-refractivity contribution >= 4 is 5.97 Å². The highest BCUT2D eigenvalue weighted by molar-refractivity contribution is 5.70. The Hall–Kier alpha value is -2.43. The summed E-state index contributed by atoms with van der Waals surface area (Å²) >= 11 is 0. The number of hydrogen-bond donors (Lipinski definition) is 2. The van der Waals surface area contributed by atoms with Gasteiger partial charge in [0.05, 0.1) is 6.42 Å². The normalized spacial score (nSPS) is 10.5. The Kier molecular flexibility index (Phi) is 3.98. The summed E-state index contributed by atoms with van der Waals surface area (Å²) in [5, 5.41) is 8.77. The van der Waals surface area contributed by atoms with Crippen LogP contribution in [-0.2, 0) is 17.6 Å². The first-order valence-corrected chi connectivity index (χ1v) is 6.31. The molecule has 104 valence electrons. The number of nitrogens with one attached hydrogen (secondary N) is 1. The number of rotatable bonds is 4. The number of hydrogen-bond acceptors (Lipinski definition) is 3. The van der Waals surface area contributed by atoms with Crippen molar-refractivity contribution < 1.29 is 9.90 Å². The van der Waals surface area contributed by atoms with Gasteiger partial charge in [-0.3, -0.25) is 9.59 Å². The molecule has 1 aromatic carbocycles. The van der Waals surface area contributed by atoms with E-state index in [9.17, 15) is 9.59 Å². The van der Waals surface area contributed by atoms with Crippen molar-refractivity contribution in [2.75, 3.05) is 0 Å². The molecule has 2 aromatic rings. The largest absolute Gasteiger partial charge is 0.481 e. The molecule has 0 unspecified atom stereocenters. The highest BCUT2D eigenvalue weighted by atomic mass is 16.4. The van der Waals surface area contributed by atoms with Gasteiger partial charge < -0.3 is 10.1 Å². The number of benzene rings is 1. The first-order chi connectivity index (χ1) is 9.45. The van der Waals surface area contributed by atoms with E-state index in [0.29, 0.717) is 17.9 Å². The predicted molar refractivity (Wildman–Crippen MR) is 74.9 cm³/mol. The zero-order chi connectivity index (χ0) is 14.7. The number of H-pyrrole nitrogens is 1. The summed E-state index contributed by atoms with van der Waals surface area (Å²) in [6, 6.07) is 7.96. The summed E-state index contributed by atoms with van der Waals surface area (Å²) in [4.78, 5) is 29.5. The van der Waals surface area contributed by atoms with Gasteiger partial charge >= 0.3 is 5.97 Å². The molecule has 0 aliphatic heterocycles. The second-order valence-corrected chi connectivity index (χ2v) is 4.81. The van der Waals surface area contributed by atoms with Crippen molar-refractivity contribution in [2.45, 2.75) is 26.7 Å². The van der Waals surface area contributed by atoms with E-state index < -0.39 is 5.97 Å². The van der Waals surface area contributed by atoms with Crippen LogP contribution in [0.3, 0.4) is 0 Å². The van der Waals surface area contributed by atoms with E-state index in [1.54, 1.807) is 6.92 Å². The van der Waals surface area contributed by atoms with Gasteiger partial charge in [-0.2, -0.15) is 0 Å². The number of carboxylic acids is 1. The molecule has 0 aliphatic carbocycles.